The van der Waals surface area contributed by atoms with Crippen molar-refractivity contribution in [1.82, 2.24) is 9.78 Å². The molecule has 0 aliphatic carbocycles. The van der Waals surface area contributed by atoms with Gasteiger partial charge in [-0.3, -0.25) is 0 Å². The molecule has 0 aliphatic rings. The van der Waals surface area contributed by atoms with E-state index in [1.165, 1.54) is 6.07 Å². The number of hydrogen-bond acceptors (Lipinski definition) is 4. The van der Waals surface area contributed by atoms with Crippen molar-refractivity contribution in [3.05, 3.63) is 33.4 Å². The van der Waals surface area contributed by atoms with E-state index in [1.807, 2.05) is 0 Å². The van der Waals surface area contributed by atoms with E-state index in [0.29, 0.717) is 10.7 Å². The SMILES string of the molecule is N#Cc1nn(-c2c(Cl)ccc(C(F)(F)F)c2Cl)c(N)c1SC(F)(F)F. The Labute approximate surface area is 150 Å². The van der Waals surface area contributed by atoms with Gasteiger partial charge in [0.05, 0.1) is 20.5 Å². The fourth-order valence-electron chi connectivity index (χ4n) is 1.83. The summed E-state index contributed by atoms with van der Waals surface area (Å²) in [6, 6.07) is 2.84. The third-order valence-electron chi connectivity index (χ3n) is 2.78. The van der Waals surface area contributed by atoms with Gasteiger partial charge in [-0.25, -0.2) is 4.68 Å². The smallest absolute Gasteiger partial charge is 0.383 e. The second kappa shape index (κ2) is 6.51. The minimum absolute atomic E-state index is 0.347. The number of benzene rings is 1. The molecule has 0 saturated carbocycles. The minimum Gasteiger partial charge on any atom is -0.383 e. The van der Waals surface area contributed by atoms with Crippen molar-refractivity contribution in [2.75, 3.05) is 5.73 Å². The zero-order chi connectivity index (χ0) is 19.2. The summed E-state index contributed by atoms with van der Waals surface area (Å²) in [6.07, 6.45) is -4.85. The fraction of sp³-hybridized carbons (Fsp3) is 0.167. The van der Waals surface area contributed by atoms with Gasteiger partial charge in [-0.15, -0.1) is 0 Å². The van der Waals surface area contributed by atoms with Gasteiger partial charge in [0.2, 0.25) is 0 Å². The Bertz CT molecular complexity index is 868. The number of aromatic nitrogens is 2. The Morgan fingerprint density at radius 1 is 1.16 bits per heavy atom. The van der Waals surface area contributed by atoms with Crippen molar-refractivity contribution < 1.29 is 26.3 Å². The summed E-state index contributed by atoms with van der Waals surface area (Å²) in [4.78, 5) is -0.764. The maximum absolute atomic E-state index is 13.0. The third-order valence-corrected chi connectivity index (χ3v) is 4.31. The average Bonchev–Trinajstić information content (AvgIpc) is 2.73. The van der Waals surface area contributed by atoms with Crippen molar-refractivity contribution in [1.29, 1.82) is 5.26 Å². The summed E-state index contributed by atoms with van der Waals surface area (Å²) < 4.78 is 77.1. The third kappa shape index (κ3) is 3.91. The molecule has 4 nitrogen and oxygen atoms in total. The largest absolute Gasteiger partial charge is 0.446 e. The molecule has 134 valence electrons. The first-order chi connectivity index (χ1) is 11.4. The standard InChI is InChI=1S/C12H4Cl2F6N4S/c13-5-2-1-4(11(15,16)17)7(14)8(5)24-10(22)9(6(3-21)23-24)25-12(18,19)20/h1-2H,22H2. The van der Waals surface area contributed by atoms with E-state index < -0.39 is 56.1 Å². The van der Waals surface area contributed by atoms with Gasteiger partial charge in [-0.05, 0) is 23.9 Å². The van der Waals surface area contributed by atoms with Gasteiger partial charge in [-0.2, -0.15) is 36.7 Å². The van der Waals surface area contributed by atoms with Gasteiger partial charge < -0.3 is 5.73 Å². The Morgan fingerprint density at radius 3 is 2.24 bits per heavy atom. The normalized spacial score (nSPS) is 12.3. The topological polar surface area (TPSA) is 67.6 Å². The van der Waals surface area contributed by atoms with Crippen LogP contribution >= 0.6 is 35.0 Å². The predicted molar refractivity (Wildman–Crippen MR) is 79.6 cm³/mol. The molecule has 1 aromatic carbocycles. The highest BCUT2D eigenvalue weighted by Crippen LogP contribution is 2.45. The molecule has 0 saturated heterocycles. The molecule has 0 radical (unpaired) electrons. The molecule has 2 aromatic rings. The van der Waals surface area contributed by atoms with Crippen molar-refractivity contribution in [2.24, 2.45) is 0 Å². The number of nitriles is 1. The molecule has 1 heterocycles. The molecule has 2 rings (SSSR count). The van der Waals surface area contributed by atoms with Crippen LogP contribution in [-0.2, 0) is 6.18 Å². The zero-order valence-corrected chi connectivity index (χ0v) is 13.8. The molecule has 2 N–H and O–H groups in total. The first-order valence-electron chi connectivity index (χ1n) is 5.96. The van der Waals surface area contributed by atoms with Crippen LogP contribution in [0.1, 0.15) is 11.3 Å². The van der Waals surface area contributed by atoms with Crippen LogP contribution in [0.3, 0.4) is 0 Å². The van der Waals surface area contributed by atoms with E-state index in [2.05, 4.69) is 5.10 Å². The lowest BCUT2D eigenvalue weighted by Crippen LogP contribution is -2.10. The van der Waals surface area contributed by atoms with Gasteiger partial charge in [0.1, 0.15) is 17.6 Å². The zero-order valence-electron chi connectivity index (χ0n) is 11.5. The highest BCUT2D eigenvalue weighted by atomic mass is 35.5. The van der Waals surface area contributed by atoms with Crippen LogP contribution in [0.2, 0.25) is 10.0 Å². The Hall–Kier alpha value is -1.77. The van der Waals surface area contributed by atoms with Crippen LogP contribution in [0.25, 0.3) is 5.69 Å². The molecule has 0 fully saturated rings. The average molecular weight is 421 g/mol. The molecular formula is C12H4Cl2F6N4S. The van der Waals surface area contributed by atoms with Crippen LogP contribution in [0.5, 0.6) is 0 Å². The van der Waals surface area contributed by atoms with E-state index >= 15 is 0 Å². The molecule has 0 bridgehead atoms. The van der Waals surface area contributed by atoms with Crippen LogP contribution in [0.4, 0.5) is 32.2 Å². The summed E-state index contributed by atoms with van der Waals surface area (Å²) in [5, 5.41) is 11.2. The highest BCUT2D eigenvalue weighted by molar-refractivity contribution is 8.00. The number of thioether (sulfide) groups is 1. The van der Waals surface area contributed by atoms with Crippen molar-refractivity contribution in [3.63, 3.8) is 0 Å². The number of nitrogen functional groups attached to an aromatic ring is 1. The molecule has 0 spiro atoms. The monoisotopic (exact) mass is 420 g/mol. The fourth-order valence-corrected chi connectivity index (χ4v) is 3.07. The minimum atomic E-state index is -4.85. The van der Waals surface area contributed by atoms with Crippen LogP contribution in [0.15, 0.2) is 17.0 Å². The Morgan fingerprint density at radius 2 is 1.76 bits per heavy atom. The van der Waals surface area contributed by atoms with Gasteiger partial charge in [-0.1, -0.05) is 23.2 Å². The number of anilines is 1. The lowest BCUT2D eigenvalue weighted by Gasteiger charge is -2.15. The lowest BCUT2D eigenvalue weighted by atomic mass is 10.2. The number of hydrogen-bond donors (Lipinski definition) is 1. The van der Waals surface area contributed by atoms with E-state index in [4.69, 9.17) is 34.2 Å². The van der Waals surface area contributed by atoms with Crippen LogP contribution in [-0.4, -0.2) is 15.3 Å². The maximum Gasteiger partial charge on any atom is 0.446 e. The van der Waals surface area contributed by atoms with Crippen molar-refractivity contribution in [2.45, 2.75) is 16.6 Å². The van der Waals surface area contributed by atoms with Crippen molar-refractivity contribution in [3.8, 4) is 11.8 Å². The van der Waals surface area contributed by atoms with Crippen molar-refractivity contribution >= 4 is 40.8 Å². The molecule has 0 aliphatic heterocycles. The lowest BCUT2D eigenvalue weighted by molar-refractivity contribution is -0.137. The summed E-state index contributed by atoms with van der Waals surface area (Å²) in [5.41, 5.74) is -1.85. The molecule has 1 aromatic heterocycles. The van der Waals surface area contributed by atoms with Gasteiger partial charge in [0, 0.05) is 0 Å². The summed E-state index contributed by atoms with van der Waals surface area (Å²) in [7, 11) is 0. The van der Waals surface area contributed by atoms with Gasteiger partial charge in [0.25, 0.3) is 0 Å². The van der Waals surface area contributed by atoms with Gasteiger partial charge >= 0.3 is 11.7 Å². The number of nitrogens with two attached hydrogens (primary N) is 1. The summed E-state index contributed by atoms with van der Waals surface area (Å²) >= 11 is 10.8. The number of halogens is 8. The molecule has 13 heteroatoms. The second-order valence-corrected chi connectivity index (χ2v) is 6.25. The summed E-state index contributed by atoms with van der Waals surface area (Å²) in [6.45, 7) is 0. The summed E-state index contributed by atoms with van der Waals surface area (Å²) in [5.74, 6) is -0.720. The molecule has 0 amide bonds. The van der Waals surface area contributed by atoms with E-state index in [-0.39, 0.29) is 5.02 Å². The second-order valence-electron chi connectivity index (χ2n) is 4.39. The molecule has 25 heavy (non-hydrogen) atoms. The first kappa shape index (κ1) is 19.6. The number of rotatable bonds is 2. The van der Waals surface area contributed by atoms with Gasteiger partial charge in [0.15, 0.2) is 5.69 Å². The maximum atomic E-state index is 13.0. The van der Waals surface area contributed by atoms with Crippen LogP contribution in [0, 0.1) is 11.3 Å². The molecule has 0 atom stereocenters. The van der Waals surface area contributed by atoms with E-state index in [0.717, 1.165) is 6.07 Å². The molecule has 0 unspecified atom stereocenters. The number of alkyl halides is 6. The van der Waals surface area contributed by atoms with E-state index in [9.17, 15) is 26.3 Å². The van der Waals surface area contributed by atoms with Crippen LogP contribution < -0.4 is 5.73 Å². The van der Waals surface area contributed by atoms with E-state index in [1.54, 1.807) is 0 Å². The predicted octanol–water partition coefficient (Wildman–Crippen LogP) is 5.26. The highest BCUT2D eigenvalue weighted by Gasteiger charge is 2.37. The molecular weight excluding hydrogens is 417 g/mol. The Kier molecular flexibility index (Phi) is 5.09. The Balaban J connectivity index is 2.75. The number of nitrogens with zero attached hydrogens (tertiary/aromatic N) is 3. The quantitative estimate of drug-likeness (QED) is 0.531. The first-order valence-corrected chi connectivity index (χ1v) is 7.54.